The molecule has 1 unspecified atom stereocenters. The molecule has 5 amide bonds. The van der Waals surface area contributed by atoms with Gasteiger partial charge in [0, 0.05) is 13.1 Å². The molecule has 0 aromatic carbocycles. The van der Waals surface area contributed by atoms with Crippen LogP contribution in [-0.2, 0) is 24.0 Å². The van der Waals surface area contributed by atoms with Gasteiger partial charge in [0.25, 0.3) is 0 Å². The summed E-state index contributed by atoms with van der Waals surface area (Å²) in [6.07, 6.45) is 2.41. The fourth-order valence-corrected chi connectivity index (χ4v) is 4.23. The maximum absolute atomic E-state index is 13.5. The number of rotatable bonds is 15. The van der Waals surface area contributed by atoms with Crippen molar-refractivity contribution in [1.82, 2.24) is 20.9 Å². The Balaban J connectivity index is 2.96. The van der Waals surface area contributed by atoms with Gasteiger partial charge < -0.3 is 43.8 Å². The average molecular weight is 554 g/mol. The zero-order chi connectivity index (χ0) is 29.9. The first kappa shape index (κ1) is 33.6. The van der Waals surface area contributed by atoms with E-state index >= 15 is 0 Å². The van der Waals surface area contributed by atoms with Gasteiger partial charge in [0.2, 0.25) is 29.5 Å². The van der Waals surface area contributed by atoms with Crippen molar-refractivity contribution < 1.29 is 24.0 Å². The lowest BCUT2D eigenvalue weighted by Crippen LogP contribution is -2.60. The monoisotopic (exact) mass is 553 g/mol. The molecule has 1 rings (SSSR count). The normalized spacial score (nSPS) is 18.8. The molecule has 0 bridgehead atoms. The summed E-state index contributed by atoms with van der Waals surface area (Å²) >= 11 is 0. The van der Waals surface area contributed by atoms with E-state index in [9.17, 15) is 24.0 Å². The van der Waals surface area contributed by atoms with Gasteiger partial charge in [0.1, 0.15) is 24.2 Å². The van der Waals surface area contributed by atoms with Gasteiger partial charge in [-0.1, -0.05) is 34.1 Å². The van der Waals surface area contributed by atoms with Gasteiger partial charge in [-0.3, -0.25) is 29.0 Å². The van der Waals surface area contributed by atoms with Crippen LogP contribution in [0, 0.1) is 11.8 Å². The Morgan fingerprint density at radius 2 is 1.56 bits per heavy atom. The fourth-order valence-electron chi connectivity index (χ4n) is 4.23. The molecule has 0 spiro atoms. The van der Waals surface area contributed by atoms with Crippen LogP contribution < -0.4 is 38.9 Å². The third-order valence-electron chi connectivity index (χ3n) is 6.95. The number of carbonyl (C=O) groups excluding carboxylic acids is 5. The summed E-state index contributed by atoms with van der Waals surface area (Å²) in [5, 5.41) is 8.07. The largest absolute Gasteiger partial charge is 0.370 e. The predicted molar refractivity (Wildman–Crippen MR) is 148 cm³/mol. The second kappa shape index (κ2) is 15.9. The van der Waals surface area contributed by atoms with E-state index in [2.05, 4.69) is 20.9 Å². The zero-order valence-electron chi connectivity index (χ0n) is 23.7. The minimum Gasteiger partial charge on any atom is -0.370 e. The summed E-state index contributed by atoms with van der Waals surface area (Å²) in [6.45, 7) is 9.41. The number of guanidine groups is 1. The van der Waals surface area contributed by atoms with Gasteiger partial charge in [-0.15, -0.1) is 0 Å². The molecule has 1 aliphatic heterocycles. The van der Waals surface area contributed by atoms with Gasteiger partial charge in [0.15, 0.2) is 5.96 Å². The molecule has 14 heteroatoms. The van der Waals surface area contributed by atoms with Gasteiger partial charge in [-0.25, -0.2) is 0 Å². The third-order valence-corrected chi connectivity index (χ3v) is 6.95. The number of nitrogens with one attached hydrogen (secondary N) is 3. The highest BCUT2D eigenvalue weighted by atomic mass is 16.2. The molecule has 11 N–H and O–H groups in total. The van der Waals surface area contributed by atoms with E-state index in [0.29, 0.717) is 45.2 Å². The summed E-state index contributed by atoms with van der Waals surface area (Å²) < 4.78 is 0. The lowest BCUT2D eigenvalue weighted by atomic mass is 9.95. The molecular weight excluding hydrogens is 506 g/mol. The first-order valence-corrected chi connectivity index (χ1v) is 13.5. The fraction of sp³-hybridized carbons (Fsp3) is 0.760. The van der Waals surface area contributed by atoms with Gasteiger partial charge >= 0.3 is 0 Å². The molecule has 0 radical (unpaired) electrons. The minimum absolute atomic E-state index is 0.0446. The molecular formula is C25H47N9O5. The molecule has 1 heterocycles. The Hall–Kier alpha value is -3.42. The first-order valence-electron chi connectivity index (χ1n) is 13.5. The molecule has 1 saturated heterocycles. The summed E-state index contributed by atoms with van der Waals surface area (Å²) in [4.78, 5) is 69.1. The Morgan fingerprint density at radius 3 is 2.10 bits per heavy atom. The van der Waals surface area contributed by atoms with Crippen molar-refractivity contribution in [2.24, 2.45) is 39.8 Å². The SMILES string of the molecule is CC[C@H](C)C(NC(=O)[C@@H](N)CCCN=C(N)N)C(=O)N[C@H](C(=O)N1CCC[C@H]1C(=O)N[C@@H](C)C(N)=O)C(C)C. The van der Waals surface area contributed by atoms with E-state index in [1.54, 1.807) is 13.8 Å². The second-order valence-electron chi connectivity index (χ2n) is 10.5. The molecule has 0 aromatic rings. The standard InChI is InChI=1S/C25H47N9O5/c1-6-14(4)19(33-21(36)16(26)9-7-11-30-25(28)29)23(38)32-18(13(2)3)24(39)34-12-8-10-17(34)22(37)31-15(5)20(27)35/h13-19H,6-12,26H2,1-5H3,(H2,27,35)(H,31,37)(H,32,38)(H,33,36)(H4,28,29,30)/t14-,15-,16-,17-,18-,19?/m0/s1. The molecule has 1 fully saturated rings. The second-order valence-corrected chi connectivity index (χ2v) is 10.5. The van der Waals surface area contributed by atoms with Crippen molar-refractivity contribution in [2.45, 2.75) is 96.9 Å². The van der Waals surface area contributed by atoms with Crippen LogP contribution in [-0.4, -0.2) is 83.7 Å². The summed E-state index contributed by atoms with van der Waals surface area (Å²) in [7, 11) is 0. The van der Waals surface area contributed by atoms with Crippen LogP contribution in [0.2, 0.25) is 0 Å². The smallest absolute Gasteiger partial charge is 0.246 e. The number of aliphatic imine (C=N–C) groups is 1. The minimum atomic E-state index is -0.934. The molecule has 39 heavy (non-hydrogen) atoms. The van der Waals surface area contributed by atoms with Crippen LogP contribution in [0.1, 0.15) is 66.7 Å². The van der Waals surface area contributed by atoms with Crippen molar-refractivity contribution in [3.8, 4) is 0 Å². The summed E-state index contributed by atoms with van der Waals surface area (Å²) in [5.74, 6) is -3.16. The van der Waals surface area contributed by atoms with Gasteiger partial charge in [0.05, 0.1) is 6.04 Å². The van der Waals surface area contributed by atoms with E-state index in [0.717, 1.165) is 0 Å². The molecule has 6 atom stereocenters. The number of nitrogens with two attached hydrogens (primary N) is 4. The van der Waals surface area contributed by atoms with E-state index < -0.39 is 59.7 Å². The van der Waals surface area contributed by atoms with E-state index in [1.165, 1.54) is 11.8 Å². The van der Waals surface area contributed by atoms with Crippen LogP contribution in [0.4, 0.5) is 0 Å². The van der Waals surface area contributed by atoms with Gasteiger partial charge in [-0.05, 0) is 44.4 Å². The van der Waals surface area contributed by atoms with E-state index in [4.69, 9.17) is 22.9 Å². The Kier molecular flexibility index (Phi) is 13.7. The molecule has 222 valence electrons. The molecule has 1 aliphatic rings. The Labute approximate surface area is 230 Å². The van der Waals surface area contributed by atoms with E-state index in [1.807, 2.05) is 13.8 Å². The zero-order valence-corrected chi connectivity index (χ0v) is 23.7. The molecule has 14 nitrogen and oxygen atoms in total. The lowest BCUT2D eigenvalue weighted by molar-refractivity contribution is -0.143. The van der Waals surface area contributed by atoms with Crippen molar-refractivity contribution in [2.75, 3.05) is 13.1 Å². The number of primary amides is 1. The van der Waals surface area contributed by atoms with Crippen molar-refractivity contribution in [3.05, 3.63) is 0 Å². The van der Waals surface area contributed by atoms with Gasteiger partial charge in [-0.2, -0.15) is 0 Å². The number of nitrogens with zero attached hydrogens (tertiary/aromatic N) is 2. The average Bonchev–Trinajstić information content (AvgIpc) is 3.36. The predicted octanol–water partition coefficient (Wildman–Crippen LogP) is -1.98. The van der Waals surface area contributed by atoms with Crippen molar-refractivity contribution >= 4 is 35.5 Å². The number of hydrogen-bond acceptors (Lipinski definition) is 7. The Bertz CT molecular complexity index is 906. The third kappa shape index (κ3) is 10.3. The highest BCUT2D eigenvalue weighted by Gasteiger charge is 2.40. The number of likely N-dealkylation sites (tertiary alicyclic amines) is 1. The number of hydrogen-bond donors (Lipinski definition) is 7. The maximum Gasteiger partial charge on any atom is 0.246 e. The lowest BCUT2D eigenvalue weighted by Gasteiger charge is -2.32. The van der Waals surface area contributed by atoms with Crippen LogP contribution in [0.15, 0.2) is 4.99 Å². The van der Waals surface area contributed by atoms with Crippen LogP contribution >= 0.6 is 0 Å². The highest BCUT2D eigenvalue weighted by Crippen LogP contribution is 2.21. The van der Waals surface area contributed by atoms with E-state index in [-0.39, 0.29) is 17.8 Å². The van der Waals surface area contributed by atoms with Crippen LogP contribution in [0.5, 0.6) is 0 Å². The van der Waals surface area contributed by atoms with Crippen molar-refractivity contribution in [3.63, 3.8) is 0 Å². The highest BCUT2D eigenvalue weighted by molar-refractivity contribution is 5.96. The maximum atomic E-state index is 13.5. The molecule has 0 aromatic heterocycles. The number of carbonyl (C=O) groups is 5. The summed E-state index contributed by atoms with van der Waals surface area (Å²) in [6, 6.07) is -4.38. The van der Waals surface area contributed by atoms with Crippen molar-refractivity contribution in [1.29, 1.82) is 0 Å². The quantitative estimate of drug-likeness (QED) is 0.0679. The van der Waals surface area contributed by atoms with Crippen LogP contribution in [0.3, 0.4) is 0 Å². The molecule has 0 saturated carbocycles. The topological polar surface area (TPSA) is 241 Å². The Morgan fingerprint density at radius 1 is 0.949 bits per heavy atom. The molecule has 0 aliphatic carbocycles. The van der Waals surface area contributed by atoms with Crippen LogP contribution in [0.25, 0.3) is 0 Å². The summed E-state index contributed by atoms with van der Waals surface area (Å²) in [5.41, 5.74) is 21.9. The first-order chi connectivity index (χ1) is 18.2. The number of amides is 5.